The Morgan fingerprint density at radius 2 is 1.94 bits per heavy atom. The van der Waals surface area contributed by atoms with Crippen LogP contribution in [0.1, 0.15) is 15.9 Å². The van der Waals surface area contributed by atoms with Gasteiger partial charge in [-0.2, -0.15) is 0 Å². The molecule has 0 spiro atoms. The fourth-order valence-corrected chi connectivity index (χ4v) is 1.71. The Morgan fingerprint density at radius 3 is 2.56 bits per heavy atom. The summed E-state index contributed by atoms with van der Waals surface area (Å²) in [5, 5.41) is 17.7. The van der Waals surface area contributed by atoms with Gasteiger partial charge in [0.15, 0.2) is 0 Å². The first kappa shape index (κ1) is 11.8. The van der Waals surface area contributed by atoms with Crippen molar-refractivity contribution >= 4 is 22.8 Å². The molecular weight excluding hydrogens is 238 g/mol. The van der Waals surface area contributed by atoms with Crippen molar-refractivity contribution in [1.29, 1.82) is 0 Å². The van der Waals surface area contributed by atoms with Gasteiger partial charge in [0, 0.05) is 17.1 Å². The number of aliphatic carboxylic acids is 1. The molecule has 0 saturated heterocycles. The molecule has 18 heavy (non-hydrogen) atoms. The molecule has 0 atom stereocenters. The lowest BCUT2D eigenvalue weighted by Gasteiger charge is -2.02. The molecule has 92 valence electrons. The maximum Gasteiger partial charge on any atom is 0.341 e. The second kappa shape index (κ2) is 4.33. The number of nitrogens with one attached hydrogen (secondary N) is 1. The van der Waals surface area contributed by atoms with Crippen molar-refractivity contribution < 1.29 is 19.8 Å². The molecule has 1 heterocycles. The van der Waals surface area contributed by atoms with Gasteiger partial charge >= 0.3 is 11.9 Å². The Labute approximate surface area is 101 Å². The number of hydrogen-bond acceptors (Lipinski definition) is 3. The molecule has 0 bridgehead atoms. The van der Waals surface area contributed by atoms with Crippen LogP contribution >= 0.6 is 0 Å². The fraction of sp³-hybridized carbons (Fsp3) is 0.0833. The lowest BCUT2D eigenvalue weighted by atomic mass is 10.1. The van der Waals surface area contributed by atoms with Gasteiger partial charge in [-0.05, 0) is 17.7 Å². The largest absolute Gasteiger partial charge is 0.481 e. The first-order chi connectivity index (χ1) is 8.49. The zero-order valence-electron chi connectivity index (χ0n) is 9.14. The quantitative estimate of drug-likeness (QED) is 0.745. The van der Waals surface area contributed by atoms with E-state index in [-0.39, 0.29) is 17.4 Å². The molecule has 6 nitrogen and oxygen atoms in total. The Morgan fingerprint density at radius 1 is 1.22 bits per heavy atom. The number of carboxylic acid groups (broad SMARTS) is 2. The molecule has 3 N–H and O–H groups in total. The number of fused-ring (bicyclic) bond motifs is 1. The summed E-state index contributed by atoms with van der Waals surface area (Å²) in [5.41, 5.74) is 0.0316. The second-order valence-corrected chi connectivity index (χ2v) is 3.79. The topological polar surface area (TPSA) is 107 Å². The van der Waals surface area contributed by atoms with Crippen molar-refractivity contribution in [3.05, 3.63) is 45.7 Å². The van der Waals surface area contributed by atoms with Crippen molar-refractivity contribution in [3.8, 4) is 0 Å². The number of aromatic carboxylic acids is 1. The molecule has 0 saturated carbocycles. The Hall–Kier alpha value is -2.63. The van der Waals surface area contributed by atoms with Crippen molar-refractivity contribution in [3.63, 3.8) is 0 Å². The summed E-state index contributed by atoms with van der Waals surface area (Å²) < 4.78 is 0. The zero-order valence-corrected chi connectivity index (χ0v) is 9.14. The molecule has 0 aliphatic heterocycles. The average molecular weight is 247 g/mol. The van der Waals surface area contributed by atoms with Crippen LogP contribution in [0.15, 0.2) is 29.2 Å². The van der Waals surface area contributed by atoms with Crippen LogP contribution in [0.4, 0.5) is 0 Å². The van der Waals surface area contributed by atoms with E-state index in [1.54, 1.807) is 0 Å². The van der Waals surface area contributed by atoms with Crippen LogP contribution in [-0.2, 0) is 11.2 Å². The van der Waals surface area contributed by atoms with Crippen molar-refractivity contribution in [2.45, 2.75) is 6.42 Å². The Kier molecular flexibility index (Phi) is 2.85. The van der Waals surface area contributed by atoms with Gasteiger partial charge in [0.2, 0.25) is 5.43 Å². The van der Waals surface area contributed by atoms with E-state index in [0.29, 0.717) is 11.1 Å². The summed E-state index contributed by atoms with van der Waals surface area (Å²) in [4.78, 5) is 35.8. The van der Waals surface area contributed by atoms with E-state index >= 15 is 0 Å². The summed E-state index contributed by atoms with van der Waals surface area (Å²) in [6.45, 7) is 0. The Balaban J connectivity index is 2.61. The van der Waals surface area contributed by atoms with Gasteiger partial charge in [-0.15, -0.1) is 0 Å². The highest BCUT2D eigenvalue weighted by Crippen LogP contribution is 2.12. The lowest BCUT2D eigenvalue weighted by molar-refractivity contribution is -0.136. The summed E-state index contributed by atoms with van der Waals surface area (Å²) in [7, 11) is 0. The molecular formula is C12H9NO5. The number of pyridine rings is 1. The van der Waals surface area contributed by atoms with Gasteiger partial charge in [0.05, 0.1) is 6.42 Å². The molecule has 0 unspecified atom stereocenters. The van der Waals surface area contributed by atoms with Crippen LogP contribution < -0.4 is 5.43 Å². The zero-order chi connectivity index (χ0) is 13.3. The first-order valence-electron chi connectivity index (χ1n) is 5.08. The van der Waals surface area contributed by atoms with E-state index in [2.05, 4.69) is 4.98 Å². The number of carbonyl (C=O) groups is 2. The smallest absolute Gasteiger partial charge is 0.341 e. The third-order valence-corrected chi connectivity index (χ3v) is 2.53. The number of hydrogen-bond donors (Lipinski definition) is 3. The molecule has 0 aliphatic rings. The van der Waals surface area contributed by atoms with Gasteiger partial charge < -0.3 is 15.2 Å². The van der Waals surface area contributed by atoms with Crippen molar-refractivity contribution in [2.75, 3.05) is 0 Å². The SMILES string of the molecule is O=C(O)Cc1ccc2c(=O)c(C(=O)O)c[nH]c2c1. The summed E-state index contributed by atoms with van der Waals surface area (Å²) >= 11 is 0. The molecule has 0 radical (unpaired) electrons. The maximum atomic E-state index is 11.8. The van der Waals surface area contributed by atoms with Crippen LogP contribution in [0.2, 0.25) is 0 Å². The highest BCUT2D eigenvalue weighted by Gasteiger charge is 2.11. The molecule has 2 aromatic rings. The number of carboxylic acids is 2. The molecule has 0 fully saturated rings. The van der Waals surface area contributed by atoms with Gasteiger partial charge in [0.25, 0.3) is 0 Å². The van der Waals surface area contributed by atoms with Gasteiger partial charge in [-0.25, -0.2) is 4.79 Å². The van der Waals surface area contributed by atoms with E-state index in [0.717, 1.165) is 6.20 Å². The van der Waals surface area contributed by atoms with E-state index < -0.39 is 17.4 Å². The van der Waals surface area contributed by atoms with Gasteiger partial charge in [0.1, 0.15) is 5.56 Å². The predicted octanol–water partition coefficient (Wildman–Crippen LogP) is 0.853. The average Bonchev–Trinajstić information content (AvgIpc) is 2.27. The van der Waals surface area contributed by atoms with Crippen LogP contribution in [0.25, 0.3) is 10.9 Å². The minimum absolute atomic E-state index is 0.154. The minimum atomic E-state index is -1.30. The van der Waals surface area contributed by atoms with Gasteiger partial charge in [-0.3, -0.25) is 9.59 Å². The number of aromatic nitrogens is 1. The van der Waals surface area contributed by atoms with Crippen molar-refractivity contribution in [1.82, 2.24) is 4.98 Å². The van der Waals surface area contributed by atoms with Crippen LogP contribution in [-0.4, -0.2) is 27.1 Å². The molecule has 6 heteroatoms. The fourth-order valence-electron chi connectivity index (χ4n) is 1.71. The maximum absolute atomic E-state index is 11.8. The highest BCUT2D eigenvalue weighted by molar-refractivity contribution is 5.92. The lowest BCUT2D eigenvalue weighted by Crippen LogP contribution is -2.15. The molecule has 1 aromatic heterocycles. The van der Waals surface area contributed by atoms with Crippen molar-refractivity contribution in [2.24, 2.45) is 0 Å². The van der Waals surface area contributed by atoms with Crippen LogP contribution in [0.5, 0.6) is 0 Å². The molecule has 0 aliphatic carbocycles. The van der Waals surface area contributed by atoms with Crippen LogP contribution in [0, 0.1) is 0 Å². The third-order valence-electron chi connectivity index (χ3n) is 2.53. The highest BCUT2D eigenvalue weighted by atomic mass is 16.4. The van der Waals surface area contributed by atoms with E-state index in [1.807, 2.05) is 0 Å². The molecule has 1 aromatic carbocycles. The molecule has 0 amide bonds. The molecule has 2 rings (SSSR count). The Bertz CT molecular complexity index is 701. The standard InChI is InChI=1S/C12H9NO5/c14-10(15)4-6-1-2-7-9(3-6)13-5-8(11(7)16)12(17)18/h1-3,5H,4H2,(H,13,16)(H,14,15)(H,17,18). The third kappa shape index (κ3) is 2.08. The van der Waals surface area contributed by atoms with E-state index in [1.165, 1.54) is 18.2 Å². The summed E-state index contributed by atoms with van der Waals surface area (Å²) in [6.07, 6.45) is 0.955. The first-order valence-corrected chi connectivity index (χ1v) is 5.08. The monoisotopic (exact) mass is 247 g/mol. The summed E-state index contributed by atoms with van der Waals surface area (Å²) in [6, 6.07) is 4.45. The number of rotatable bonds is 3. The normalized spacial score (nSPS) is 10.4. The van der Waals surface area contributed by atoms with Gasteiger partial charge in [-0.1, -0.05) is 6.07 Å². The summed E-state index contributed by atoms with van der Waals surface area (Å²) in [5.74, 6) is -2.27. The number of H-pyrrole nitrogens is 1. The van der Waals surface area contributed by atoms with E-state index in [4.69, 9.17) is 10.2 Å². The van der Waals surface area contributed by atoms with Crippen LogP contribution in [0.3, 0.4) is 0 Å². The minimum Gasteiger partial charge on any atom is -0.481 e. The second-order valence-electron chi connectivity index (χ2n) is 3.79. The predicted molar refractivity (Wildman–Crippen MR) is 62.9 cm³/mol. The number of aromatic amines is 1. The number of benzene rings is 1. The van der Waals surface area contributed by atoms with E-state index in [9.17, 15) is 14.4 Å².